The molecule has 0 saturated heterocycles. The van der Waals surface area contributed by atoms with Gasteiger partial charge in [-0.1, -0.05) is 53.2 Å². The van der Waals surface area contributed by atoms with E-state index in [1.54, 1.807) is 0 Å². The summed E-state index contributed by atoms with van der Waals surface area (Å²) in [5, 5.41) is 3.56. The SMILES string of the molecule is CCNC(c1ccc(OC2CC2)cc1)c1ccccc1Br. The van der Waals surface area contributed by atoms with Gasteiger partial charge in [0.15, 0.2) is 0 Å². The lowest BCUT2D eigenvalue weighted by Gasteiger charge is -2.20. The fraction of sp³-hybridized carbons (Fsp3) is 0.333. The number of nitrogens with one attached hydrogen (secondary N) is 1. The standard InChI is InChI=1S/C18H20BrNO/c1-2-20-18(16-5-3-4-6-17(16)19)13-7-9-14(10-8-13)21-15-11-12-15/h3-10,15,18,20H,2,11-12H2,1H3. The maximum Gasteiger partial charge on any atom is 0.119 e. The van der Waals surface area contributed by atoms with Crippen molar-refractivity contribution in [1.82, 2.24) is 5.32 Å². The Morgan fingerprint density at radius 3 is 2.48 bits per heavy atom. The van der Waals surface area contributed by atoms with Crippen LogP contribution in [0.5, 0.6) is 5.75 Å². The van der Waals surface area contributed by atoms with Gasteiger partial charge < -0.3 is 10.1 Å². The molecule has 2 aromatic rings. The third-order valence-electron chi connectivity index (χ3n) is 3.67. The highest BCUT2D eigenvalue weighted by molar-refractivity contribution is 9.10. The van der Waals surface area contributed by atoms with Gasteiger partial charge in [0.1, 0.15) is 5.75 Å². The molecule has 1 fully saturated rings. The maximum absolute atomic E-state index is 5.82. The van der Waals surface area contributed by atoms with E-state index >= 15 is 0 Å². The smallest absolute Gasteiger partial charge is 0.119 e. The van der Waals surface area contributed by atoms with Gasteiger partial charge in [-0.3, -0.25) is 0 Å². The van der Waals surface area contributed by atoms with Gasteiger partial charge in [0.25, 0.3) is 0 Å². The van der Waals surface area contributed by atoms with E-state index in [2.05, 4.69) is 70.6 Å². The summed E-state index contributed by atoms with van der Waals surface area (Å²) in [5.41, 5.74) is 2.52. The first-order chi connectivity index (χ1) is 10.3. The topological polar surface area (TPSA) is 21.3 Å². The number of hydrogen-bond donors (Lipinski definition) is 1. The van der Waals surface area contributed by atoms with Crippen molar-refractivity contribution in [3.8, 4) is 5.75 Å². The van der Waals surface area contributed by atoms with Crippen LogP contribution in [0.2, 0.25) is 0 Å². The molecule has 1 saturated carbocycles. The number of hydrogen-bond acceptors (Lipinski definition) is 2. The second-order valence-electron chi connectivity index (χ2n) is 5.40. The van der Waals surface area contributed by atoms with Crippen LogP contribution < -0.4 is 10.1 Å². The second kappa shape index (κ2) is 6.63. The van der Waals surface area contributed by atoms with Crippen LogP contribution in [0.25, 0.3) is 0 Å². The van der Waals surface area contributed by atoms with E-state index in [4.69, 9.17) is 4.74 Å². The van der Waals surface area contributed by atoms with Gasteiger partial charge in [-0.05, 0) is 48.7 Å². The Hall–Kier alpha value is -1.32. The fourth-order valence-electron chi connectivity index (χ4n) is 2.44. The Labute approximate surface area is 134 Å². The fourth-order valence-corrected chi connectivity index (χ4v) is 2.95. The summed E-state index contributed by atoms with van der Waals surface area (Å²) in [4.78, 5) is 0. The molecule has 1 aliphatic carbocycles. The van der Waals surface area contributed by atoms with E-state index in [1.165, 1.54) is 24.0 Å². The predicted molar refractivity (Wildman–Crippen MR) is 89.8 cm³/mol. The Bertz CT molecular complexity index is 592. The Balaban J connectivity index is 1.84. The summed E-state index contributed by atoms with van der Waals surface area (Å²) in [7, 11) is 0. The summed E-state index contributed by atoms with van der Waals surface area (Å²) in [5.74, 6) is 0.976. The lowest BCUT2D eigenvalue weighted by Crippen LogP contribution is -2.22. The highest BCUT2D eigenvalue weighted by Gasteiger charge is 2.23. The van der Waals surface area contributed by atoms with Crippen molar-refractivity contribution in [2.75, 3.05) is 6.54 Å². The monoisotopic (exact) mass is 345 g/mol. The number of benzene rings is 2. The molecular formula is C18H20BrNO. The van der Waals surface area contributed by atoms with Crippen LogP contribution in [0.3, 0.4) is 0 Å². The lowest BCUT2D eigenvalue weighted by molar-refractivity contribution is 0.303. The molecule has 0 radical (unpaired) electrons. The molecule has 1 N–H and O–H groups in total. The minimum atomic E-state index is 0.195. The van der Waals surface area contributed by atoms with E-state index < -0.39 is 0 Å². The summed E-state index contributed by atoms with van der Waals surface area (Å²) >= 11 is 3.65. The normalized spacial score (nSPS) is 15.7. The number of rotatable bonds is 6. The van der Waals surface area contributed by atoms with E-state index in [1.807, 2.05) is 6.07 Å². The van der Waals surface area contributed by atoms with E-state index in [0.717, 1.165) is 16.8 Å². The Morgan fingerprint density at radius 1 is 1.14 bits per heavy atom. The van der Waals surface area contributed by atoms with Gasteiger partial charge in [0.05, 0.1) is 12.1 Å². The van der Waals surface area contributed by atoms with E-state index in [9.17, 15) is 0 Å². The molecule has 1 atom stereocenters. The molecule has 3 rings (SSSR count). The molecule has 0 spiro atoms. The molecule has 2 aromatic carbocycles. The zero-order valence-electron chi connectivity index (χ0n) is 12.2. The van der Waals surface area contributed by atoms with Crippen LogP contribution in [0, 0.1) is 0 Å². The zero-order chi connectivity index (χ0) is 14.7. The van der Waals surface area contributed by atoms with E-state index in [-0.39, 0.29) is 6.04 Å². The largest absolute Gasteiger partial charge is 0.490 e. The van der Waals surface area contributed by atoms with Crippen LogP contribution >= 0.6 is 15.9 Å². The molecule has 0 heterocycles. The Morgan fingerprint density at radius 2 is 1.86 bits per heavy atom. The first-order valence-electron chi connectivity index (χ1n) is 7.52. The van der Waals surface area contributed by atoms with Crippen LogP contribution in [-0.2, 0) is 0 Å². The van der Waals surface area contributed by atoms with Crippen LogP contribution in [-0.4, -0.2) is 12.6 Å². The first kappa shape index (κ1) is 14.6. The van der Waals surface area contributed by atoms with Gasteiger partial charge in [-0.2, -0.15) is 0 Å². The van der Waals surface area contributed by atoms with Gasteiger partial charge in [-0.25, -0.2) is 0 Å². The molecule has 1 unspecified atom stereocenters. The average Bonchev–Trinajstić information content (AvgIpc) is 3.31. The number of ether oxygens (including phenoxy) is 1. The molecule has 110 valence electrons. The molecule has 1 aliphatic rings. The average molecular weight is 346 g/mol. The predicted octanol–water partition coefficient (Wildman–Crippen LogP) is 4.69. The molecule has 0 aliphatic heterocycles. The highest BCUT2D eigenvalue weighted by atomic mass is 79.9. The quantitative estimate of drug-likeness (QED) is 0.819. The van der Waals surface area contributed by atoms with Crippen molar-refractivity contribution in [3.63, 3.8) is 0 Å². The maximum atomic E-state index is 5.82. The molecule has 21 heavy (non-hydrogen) atoms. The summed E-state index contributed by atoms with van der Waals surface area (Å²) < 4.78 is 6.95. The summed E-state index contributed by atoms with van der Waals surface area (Å²) in [6.07, 6.45) is 2.83. The van der Waals surface area contributed by atoms with Crippen molar-refractivity contribution in [1.29, 1.82) is 0 Å². The van der Waals surface area contributed by atoms with Crippen LogP contribution in [0.1, 0.15) is 36.9 Å². The van der Waals surface area contributed by atoms with Crippen molar-refractivity contribution < 1.29 is 4.74 Å². The molecule has 0 bridgehead atoms. The molecule has 0 amide bonds. The van der Waals surface area contributed by atoms with E-state index in [0.29, 0.717) is 6.10 Å². The number of halogens is 1. The minimum absolute atomic E-state index is 0.195. The van der Waals surface area contributed by atoms with Crippen molar-refractivity contribution >= 4 is 15.9 Å². The van der Waals surface area contributed by atoms with Crippen molar-refractivity contribution in [3.05, 3.63) is 64.1 Å². The van der Waals surface area contributed by atoms with Crippen molar-refractivity contribution in [2.24, 2.45) is 0 Å². The lowest BCUT2D eigenvalue weighted by atomic mass is 9.98. The van der Waals surface area contributed by atoms with Crippen LogP contribution in [0.4, 0.5) is 0 Å². The second-order valence-corrected chi connectivity index (χ2v) is 6.25. The van der Waals surface area contributed by atoms with Gasteiger partial charge >= 0.3 is 0 Å². The molecule has 0 aromatic heterocycles. The first-order valence-corrected chi connectivity index (χ1v) is 8.31. The Kier molecular flexibility index (Phi) is 4.61. The highest BCUT2D eigenvalue weighted by Crippen LogP contribution is 2.31. The van der Waals surface area contributed by atoms with Crippen molar-refractivity contribution in [2.45, 2.75) is 31.9 Å². The third kappa shape index (κ3) is 3.66. The van der Waals surface area contributed by atoms with Gasteiger partial charge in [0, 0.05) is 4.47 Å². The zero-order valence-corrected chi connectivity index (χ0v) is 13.8. The van der Waals surface area contributed by atoms with Gasteiger partial charge in [-0.15, -0.1) is 0 Å². The summed E-state index contributed by atoms with van der Waals surface area (Å²) in [6.45, 7) is 3.06. The molecular weight excluding hydrogens is 326 g/mol. The third-order valence-corrected chi connectivity index (χ3v) is 4.39. The molecule has 3 heteroatoms. The van der Waals surface area contributed by atoms with Crippen LogP contribution in [0.15, 0.2) is 53.0 Å². The van der Waals surface area contributed by atoms with Gasteiger partial charge in [0.2, 0.25) is 0 Å². The minimum Gasteiger partial charge on any atom is -0.490 e. The molecule has 2 nitrogen and oxygen atoms in total. The summed E-state index contributed by atoms with van der Waals surface area (Å²) in [6, 6.07) is 17.0.